The van der Waals surface area contributed by atoms with Crippen LogP contribution in [0.4, 0.5) is 8.78 Å². The van der Waals surface area contributed by atoms with Crippen molar-refractivity contribution >= 4 is 5.91 Å². The molecule has 1 rings (SSSR count). The number of halogens is 2. The smallest absolute Gasteiger partial charge is 0.239 e. The molecule has 5 heteroatoms. The molecule has 0 radical (unpaired) electrons. The Morgan fingerprint density at radius 3 is 2.26 bits per heavy atom. The molecule has 3 nitrogen and oxygen atoms in total. The Kier molecular flexibility index (Phi) is 5.89. The van der Waals surface area contributed by atoms with Gasteiger partial charge in [-0.25, -0.2) is 8.78 Å². The Labute approximate surface area is 112 Å². The maximum absolute atomic E-state index is 13.4. The van der Waals surface area contributed by atoms with Crippen molar-refractivity contribution in [2.75, 3.05) is 13.1 Å². The quantitative estimate of drug-likeness (QED) is 0.860. The third kappa shape index (κ3) is 3.99. The van der Waals surface area contributed by atoms with E-state index in [1.54, 1.807) is 11.8 Å². The van der Waals surface area contributed by atoms with Crippen molar-refractivity contribution in [1.82, 2.24) is 10.2 Å². The number of carbonyl (C=O) groups excluding carboxylic acids is 1. The zero-order valence-corrected chi connectivity index (χ0v) is 11.5. The number of amides is 1. The first-order valence-corrected chi connectivity index (χ1v) is 6.46. The minimum Gasteiger partial charge on any atom is -0.342 e. The second-order valence-corrected chi connectivity index (χ2v) is 4.31. The van der Waals surface area contributed by atoms with Crippen LogP contribution in [-0.2, 0) is 11.3 Å². The maximum Gasteiger partial charge on any atom is 0.239 e. The van der Waals surface area contributed by atoms with E-state index in [2.05, 4.69) is 5.32 Å². The third-order valence-electron chi connectivity index (χ3n) is 3.09. The summed E-state index contributed by atoms with van der Waals surface area (Å²) < 4.78 is 26.8. The van der Waals surface area contributed by atoms with Gasteiger partial charge in [-0.15, -0.1) is 0 Å². The molecular weight excluding hydrogens is 250 g/mol. The first kappa shape index (κ1) is 15.6. The SMILES string of the molecule is CCN(CC)C(=O)C(C)NCc1c(F)cccc1F. The summed E-state index contributed by atoms with van der Waals surface area (Å²) in [4.78, 5) is 13.6. The number of rotatable bonds is 6. The van der Waals surface area contributed by atoms with Gasteiger partial charge in [0, 0.05) is 25.2 Å². The van der Waals surface area contributed by atoms with Crippen LogP contribution in [0.1, 0.15) is 26.3 Å². The summed E-state index contributed by atoms with van der Waals surface area (Å²) in [7, 11) is 0. The fourth-order valence-electron chi connectivity index (χ4n) is 1.85. The average Bonchev–Trinajstić information content (AvgIpc) is 2.39. The van der Waals surface area contributed by atoms with Gasteiger partial charge in [-0.1, -0.05) is 6.07 Å². The first-order valence-electron chi connectivity index (χ1n) is 6.46. The molecular formula is C14H20F2N2O. The average molecular weight is 270 g/mol. The highest BCUT2D eigenvalue weighted by molar-refractivity contribution is 5.81. The van der Waals surface area contributed by atoms with Gasteiger partial charge in [-0.2, -0.15) is 0 Å². The van der Waals surface area contributed by atoms with E-state index in [1.807, 2.05) is 13.8 Å². The number of likely N-dealkylation sites (N-methyl/N-ethyl adjacent to an activating group) is 1. The van der Waals surface area contributed by atoms with Gasteiger partial charge in [-0.3, -0.25) is 4.79 Å². The van der Waals surface area contributed by atoms with Crippen molar-refractivity contribution < 1.29 is 13.6 Å². The van der Waals surface area contributed by atoms with Crippen molar-refractivity contribution in [1.29, 1.82) is 0 Å². The molecule has 1 atom stereocenters. The van der Waals surface area contributed by atoms with Gasteiger partial charge in [0.1, 0.15) is 11.6 Å². The molecule has 1 N–H and O–H groups in total. The van der Waals surface area contributed by atoms with Gasteiger partial charge in [0.05, 0.1) is 6.04 Å². The highest BCUT2D eigenvalue weighted by Gasteiger charge is 2.18. The number of hydrogen-bond acceptors (Lipinski definition) is 2. The molecule has 0 aliphatic heterocycles. The third-order valence-corrected chi connectivity index (χ3v) is 3.09. The lowest BCUT2D eigenvalue weighted by molar-refractivity contribution is -0.132. The summed E-state index contributed by atoms with van der Waals surface area (Å²) in [5.74, 6) is -1.27. The normalized spacial score (nSPS) is 12.3. The Morgan fingerprint density at radius 1 is 1.26 bits per heavy atom. The Morgan fingerprint density at radius 2 is 1.79 bits per heavy atom. The largest absolute Gasteiger partial charge is 0.342 e. The van der Waals surface area contributed by atoms with Crippen LogP contribution in [0.5, 0.6) is 0 Å². The fraction of sp³-hybridized carbons (Fsp3) is 0.500. The highest BCUT2D eigenvalue weighted by atomic mass is 19.1. The molecule has 1 aromatic rings. The number of benzene rings is 1. The molecule has 1 unspecified atom stereocenters. The Hall–Kier alpha value is -1.49. The number of carbonyl (C=O) groups is 1. The van der Waals surface area contributed by atoms with Crippen molar-refractivity contribution in [2.45, 2.75) is 33.4 Å². The Balaban J connectivity index is 2.64. The number of hydrogen-bond donors (Lipinski definition) is 1. The minimum atomic E-state index is -0.602. The summed E-state index contributed by atoms with van der Waals surface area (Å²) in [5.41, 5.74) is -0.0401. The van der Waals surface area contributed by atoms with Gasteiger partial charge in [0.2, 0.25) is 5.91 Å². The minimum absolute atomic E-state index is 0.00726. The molecule has 1 aromatic carbocycles. The molecule has 0 fully saturated rings. The summed E-state index contributed by atoms with van der Waals surface area (Å²) in [5, 5.41) is 2.86. The van der Waals surface area contributed by atoms with Crippen molar-refractivity contribution in [2.24, 2.45) is 0 Å². The highest BCUT2D eigenvalue weighted by Crippen LogP contribution is 2.11. The lowest BCUT2D eigenvalue weighted by atomic mass is 10.2. The standard InChI is InChI=1S/C14H20F2N2O/c1-4-18(5-2)14(19)10(3)17-9-11-12(15)7-6-8-13(11)16/h6-8,10,17H,4-5,9H2,1-3H3. The molecule has 0 heterocycles. The van der Waals surface area contributed by atoms with E-state index in [0.717, 1.165) is 0 Å². The van der Waals surface area contributed by atoms with Gasteiger partial charge in [0.15, 0.2) is 0 Å². The molecule has 1 amide bonds. The second kappa shape index (κ2) is 7.19. The van der Waals surface area contributed by atoms with Crippen LogP contribution in [0.3, 0.4) is 0 Å². The summed E-state index contributed by atoms with van der Waals surface area (Å²) in [6, 6.07) is 3.26. The second-order valence-electron chi connectivity index (χ2n) is 4.31. The van der Waals surface area contributed by atoms with Crippen molar-refractivity contribution in [3.8, 4) is 0 Å². The molecule has 0 spiro atoms. The molecule has 0 bridgehead atoms. The summed E-state index contributed by atoms with van der Waals surface area (Å²) in [6.45, 7) is 6.71. The van der Waals surface area contributed by atoms with Gasteiger partial charge in [-0.05, 0) is 32.9 Å². The first-order chi connectivity index (χ1) is 9.01. The van der Waals surface area contributed by atoms with Crippen LogP contribution >= 0.6 is 0 Å². The van der Waals surface area contributed by atoms with E-state index >= 15 is 0 Å². The van der Waals surface area contributed by atoms with Crippen molar-refractivity contribution in [3.05, 3.63) is 35.4 Å². The van der Waals surface area contributed by atoms with E-state index in [1.165, 1.54) is 18.2 Å². The Bertz CT molecular complexity index is 413. The predicted octanol–water partition coefficient (Wildman–Crippen LogP) is 2.31. The zero-order chi connectivity index (χ0) is 14.4. The van der Waals surface area contributed by atoms with Crippen LogP contribution in [-0.4, -0.2) is 29.9 Å². The molecule has 0 saturated heterocycles. The zero-order valence-electron chi connectivity index (χ0n) is 11.5. The topological polar surface area (TPSA) is 32.3 Å². The van der Waals surface area contributed by atoms with Gasteiger partial charge in [0.25, 0.3) is 0 Å². The van der Waals surface area contributed by atoms with Gasteiger partial charge >= 0.3 is 0 Å². The summed E-state index contributed by atoms with van der Waals surface area (Å²) in [6.07, 6.45) is 0. The van der Waals surface area contributed by atoms with Gasteiger partial charge < -0.3 is 10.2 Å². The maximum atomic E-state index is 13.4. The van der Waals surface area contributed by atoms with Crippen molar-refractivity contribution in [3.63, 3.8) is 0 Å². The van der Waals surface area contributed by atoms with Crippen LogP contribution < -0.4 is 5.32 Å². The lowest BCUT2D eigenvalue weighted by Gasteiger charge is -2.23. The number of nitrogens with zero attached hydrogens (tertiary/aromatic N) is 1. The molecule has 106 valence electrons. The molecule has 0 aliphatic rings. The van der Waals surface area contributed by atoms with E-state index in [4.69, 9.17) is 0 Å². The predicted molar refractivity (Wildman–Crippen MR) is 70.6 cm³/mol. The molecule has 0 aliphatic carbocycles. The monoisotopic (exact) mass is 270 g/mol. The van der Waals surface area contributed by atoms with E-state index in [-0.39, 0.29) is 18.0 Å². The summed E-state index contributed by atoms with van der Waals surface area (Å²) >= 11 is 0. The van der Waals surface area contributed by atoms with Crippen LogP contribution in [0.25, 0.3) is 0 Å². The fourth-order valence-corrected chi connectivity index (χ4v) is 1.85. The van der Waals surface area contributed by atoms with Crippen LogP contribution in [0, 0.1) is 11.6 Å². The molecule has 0 saturated carbocycles. The van der Waals surface area contributed by atoms with E-state index < -0.39 is 17.7 Å². The number of nitrogens with one attached hydrogen (secondary N) is 1. The van der Waals surface area contributed by atoms with E-state index in [0.29, 0.717) is 13.1 Å². The van der Waals surface area contributed by atoms with Crippen LogP contribution in [0.15, 0.2) is 18.2 Å². The lowest BCUT2D eigenvalue weighted by Crippen LogP contribution is -2.44. The molecule has 19 heavy (non-hydrogen) atoms. The van der Waals surface area contributed by atoms with Crippen LogP contribution in [0.2, 0.25) is 0 Å². The molecule has 0 aromatic heterocycles. The van der Waals surface area contributed by atoms with E-state index in [9.17, 15) is 13.6 Å².